The molecule has 1 N–H and O–H groups in total. The van der Waals surface area contributed by atoms with Crippen LogP contribution in [0.3, 0.4) is 0 Å². The van der Waals surface area contributed by atoms with Crippen LogP contribution in [0.15, 0.2) is 29.8 Å². The van der Waals surface area contributed by atoms with Crippen LogP contribution in [0.4, 0.5) is 18.3 Å². The summed E-state index contributed by atoms with van der Waals surface area (Å²) in [5.74, 6) is -0.163. The van der Waals surface area contributed by atoms with Gasteiger partial charge in [0, 0.05) is 11.6 Å². The number of rotatable bonds is 8. The average molecular weight is 453 g/mol. The van der Waals surface area contributed by atoms with Crippen LogP contribution in [0.2, 0.25) is 0 Å². The molecular weight excluding hydrogens is 429 g/mol. The average Bonchev–Trinajstić information content (AvgIpc) is 3.38. The maximum atomic E-state index is 14.0. The molecule has 166 valence electrons. The van der Waals surface area contributed by atoms with Crippen LogP contribution in [-0.2, 0) is 16.4 Å². The van der Waals surface area contributed by atoms with Crippen molar-refractivity contribution in [1.29, 1.82) is 0 Å². The molecule has 0 radical (unpaired) electrons. The topological polar surface area (TPSA) is 85.6 Å². The molecule has 3 aromatic rings. The lowest BCUT2D eigenvalue weighted by molar-refractivity contribution is -0.137. The van der Waals surface area contributed by atoms with Crippen molar-refractivity contribution in [3.05, 3.63) is 46.7 Å². The van der Waals surface area contributed by atoms with E-state index < -0.39 is 23.1 Å². The third-order valence-corrected chi connectivity index (χ3v) is 5.92. The SMILES string of the molecule is CCCCCC(C)(C(=O)Nc1nccs1)c1ccc(-n2nnnc2C)c(C(F)(F)F)c1. The molecule has 1 amide bonds. The van der Waals surface area contributed by atoms with Gasteiger partial charge in [-0.05, 0) is 48.4 Å². The molecule has 0 aliphatic heterocycles. The van der Waals surface area contributed by atoms with E-state index in [2.05, 4.69) is 25.8 Å². The molecule has 1 atom stereocenters. The summed E-state index contributed by atoms with van der Waals surface area (Å²) in [5.41, 5.74) is -1.98. The first-order valence-corrected chi connectivity index (χ1v) is 10.7. The summed E-state index contributed by atoms with van der Waals surface area (Å²) < 4.78 is 42.9. The molecule has 0 aliphatic rings. The highest BCUT2D eigenvalue weighted by Gasteiger charge is 2.40. The van der Waals surface area contributed by atoms with Crippen molar-refractivity contribution >= 4 is 22.4 Å². The summed E-state index contributed by atoms with van der Waals surface area (Å²) in [6, 6.07) is 3.89. The Bertz CT molecular complexity index is 1030. The zero-order valence-corrected chi connectivity index (χ0v) is 18.2. The molecule has 0 bridgehead atoms. The Labute approximate surface area is 181 Å². The van der Waals surface area contributed by atoms with Gasteiger partial charge in [-0.15, -0.1) is 16.4 Å². The fourth-order valence-electron chi connectivity index (χ4n) is 3.38. The zero-order chi connectivity index (χ0) is 22.6. The molecule has 31 heavy (non-hydrogen) atoms. The number of anilines is 1. The van der Waals surface area contributed by atoms with Gasteiger partial charge in [0.25, 0.3) is 0 Å². The van der Waals surface area contributed by atoms with E-state index in [1.54, 1.807) is 24.6 Å². The monoisotopic (exact) mass is 452 g/mol. The lowest BCUT2D eigenvalue weighted by Crippen LogP contribution is -2.38. The van der Waals surface area contributed by atoms with E-state index in [0.29, 0.717) is 18.0 Å². The first-order chi connectivity index (χ1) is 14.7. The minimum atomic E-state index is -4.65. The van der Waals surface area contributed by atoms with Gasteiger partial charge in [-0.3, -0.25) is 4.79 Å². The fourth-order valence-corrected chi connectivity index (χ4v) is 3.91. The largest absolute Gasteiger partial charge is 0.418 e. The van der Waals surface area contributed by atoms with Gasteiger partial charge in [0.2, 0.25) is 5.91 Å². The highest BCUT2D eigenvalue weighted by molar-refractivity contribution is 7.13. The number of hydrogen-bond donors (Lipinski definition) is 1. The molecule has 0 aliphatic carbocycles. The Morgan fingerprint density at radius 2 is 2.03 bits per heavy atom. The number of carbonyl (C=O) groups excluding carboxylic acids is 1. The van der Waals surface area contributed by atoms with Crippen molar-refractivity contribution in [2.45, 2.75) is 58.0 Å². The van der Waals surface area contributed by atoms with Gasteiger partial charge in [-0.25, -0.2) is 4.98 Å². The van der Waals surface area contributed by atoms with Gasteiger partial charge in [0.1, 0.15) is 0 Å². The van der Waals surface area contributed by atoms with Crippen LogP contribution >= 0.6 is 11.3 Å². The molecule has 1 aromatic carbocycles. The molecule has 3 rings (SSSR count). The molecule has 0 saturated heterocycles. The standard InChI is InChI=1S/C20H23F3N6OS/c1-4-5-6-9-19(3,17(30)25-18-24-10-11-31-18)14-7-8-16(15(12-14)20(21,22)23)29-13(2)26-27-28-29/h7-8,10-12H,4-6,9H2,1-3H3,(H,24,25,30). The second kappa shape index (κ2) is 9.13. The number of amides is 1. The van der Waals surface area contributed by atoms with Crippen LogP contribution < -0.4 is 5.32 Å². The number of nitrogens with one attached hydrogen (secondary N) is 1. The van der Waals surface area contributed by atoms with E-state index in [4.69, 9.17) is 0 Å². The number of hydrogen-bond acceptors (Lipinski definition) is 6. The normalized spacial score (nSPS) is 13.7. The van der Waals surface area contributed by atoms with E-state index in [1.165, 1.54) is 24.3 Å². The van der Waals surface area contributed by atoms with Crippen molar-refractivity contribution < 1.29 is 18.0 Å². The molecule has 7 nitrogen and oxygen atoms in total. The summed E-state index contributed by atoms with van der Waals surface area (Å²) in [6.07, 6.45) is -0.199. The van der Waals surface area contributed by atoms with Crippen LogP contribution in [0.25, 0.3) is 5.69 Å². The summed E-state index contributed by atoms with van der Waals surface area (Å²) in [5, 5.41) is 15.6. The molecule has 2 aromatic heterocycles. The number of carbonyl (C=O) groups is 1. The summed E-state index contributed by atoms with van der Waals surface area (Å²) in [4.78, 5) is 17.2. The lowest BCUT2D eigenvalue weighted by Gasteiger charge is -2.30. The summed E-state index contributed by atoms with van der Waals surface area (Å²) in [6.45, 7) is 5.21. The number of tetrazole rings is 1. The first kappa shape index (κ1) is 22.9. The minimum absolute atomic E-state index is 0.185. The van der Waals surface area contributed by atoms with E-state index in [1.807, 2.05) is 6.92 Å². The summed E-state index contributed by atoms with van der Waals surface area (Å²) in [7, 11) is 0. The van der Waals surface area contributed by atoms with Crippen LogP contribution in [-0.4, -0.2) is 31.1 Å². The van der Waals surface area contributed by atoms with Crippen molar-refractivity contribution in [2.75, 3.05) is 5.32 Å². The fraction of sp³-hybridized carbons (Fsp3) is 0.450. The number of thiazole rings is 1. The van der Waals surface area contributed by atoms with E-state index in [9.17, 15) is 18.0 Å². The van der Waals surface area contributed by atoms with Crippen LogP contribution in [0, 0.1) is 6.92 Å². The Morgan fingerprint density at radius 1 is 1.26 bits per heavy atom. The Kier molecular flexibility index (Phi) is 6.73. The lowest BCUT2D eigenvalue weighted by atomic mass is 9.76. The molecule has 11 heteroatoms. The molecular formula is C20H23F3N6OS. The molecule has 0 spiro atoms. The van der Waals surface area contributed by atoms with Gasteiger partial charge in [0.15, 0.2) is 11.0 Å². The first-order valence-electron chi connectivity index (χ1n) is 9.85. The Hall–Kier alpha value is -2.82. The molecule has 2 heterocycles. The zero-order valence-electron chi connectivity index (χ0n) is 17.4. The van der Waals surface area contributed by atoms with Gasteiger partial charge in [0.05, 0.1) is 16.7 Å². The maximum Gasteiger partial charge on any atom is 0.418 e. The number of unbranched alkanes of at least 4 members (excludes halogenated alkanes) is 2. The summed E-state index contributed by atoms with van der Waals surface area (Å²) >= 11 is 1.25. The van der Waals surface area contributed by atoms with E-state index in [-0.39, 0.29) is 17.1 Å². The molecule has 0 saturated carbocycles. The predicted molar refractivity (Wildman–Crippen MR) is 111 cm³/mol. The maximum absolute atomic E-state index is 14.0. The van der Waals surface area contributed by atoms with Gasteiger partial charge >= 0.3 is 6.18 Å². The van der Waals surface area contributed by atoms with Crippen molar-refractivity contribution in [3.63, 3.8) is 0 Å². The molecule has 0 fully saturated rings. The second-order valence-corrected chi connectivity index (χ2v) is 8.34. The number of benzene rings is 1. The number of aromatic nitrogens is 5. The van der Waals surface area contributed by atoms with Crippen molar-refractivity contribution in [1.82, 2.24) is 25.2 Å². The molecule has 1 unspecified atom stereocenters. The Balaban J connectivity index is 2.07. The Morgan fingerprint density at radius 3 is 2.61 bits per heavy atom. The quantitative estimate of drug-likeness (QED) is 0.490. The smallest absolute Gasteiger partial charge is 0.301 e. The van der Waals surface area contributed by atoms with Gasteiger partial charge in [-0.2, -0.15) is 17.9 Å². The van der Waals surface area contributed by atoms with Crippen LogP contribution in [0.5, 0.6) is 0 Å². The number of aryl methyl sites for hydroxylation is 1. The van der Waals surface area contributed by atoms with Crippen LogP contribution in [0.1, 0.15) is 56.5 Å². The van der Waals surface area contributed by atoms with Gasteiger partial charge < -0.3 is 5.32 Å². The predicted octanol–water partition coefficient (Wildman–Crippen LogP) is 4.92. The third kappa shape index (κ3) is 4.92. The highest BCUT2D eigenvalue weighted by atomic mass is 32.1. The highest BCUT2D eigenvalue weighted by Crippen LogP contribution is 2.39. The van der Waals surface area contributed by atoms with Gasteiger partial charge in [-0.1, -0.05) is 32.3 Å². The number of halogens is 3. The minimum Gasteiger partial charge on any atom is -0.301 e. The second-order valence-electron chi connectivity index (χ2n) is 7.45. The third-order valence-electron chi connectivity index (χ3n) is 5.23. The van der Waals surface area contributed by atoms with E-state index >= 15 is 0 Å². The van der Waals surface area contributed by atoms with Crippen molar-refractivity contribution in [3.8, 4) is 5.69 Å². The number of nitrogens with zero attached hydrogens (tertiary/aromatic N) is 5. The van der Waals surface area contributed by atoms with E-state index in [0.717, 1.165) is 23.6 Å². The number of alkyl halides is 3. The van der Waals surface area contributed by atoms with Crippen molar-refractivity contribution in [2.24, 2.45) is 0 Å².